The molecule has 2 aromatic carbocycles. The maximum Gasteiger partial charge on any atom is 0.126 e. The van der Waals surface area contributed by atoms with Crippen LogP contribution in [-0.4, -0.2) is 28.0 Å². The van der Waals surface area contributed by atoms with E-state index in [0.717, 1.165) is 16.3 Å². The molecule has 2 aromatic rings. The van der Waals surface area contributed by atoms with Crippen molar-refractivity contribution in [3.8, 4) is 5.75 Å². The lowest BCUT2D eigenvalue weighted by Crippen LogP contribution is -2.12. The number of hydrogen-bond donors (Lipinski definition) is 3. The highest BCUT2D eigenvalue weighted by molar-refractivity contribution is 5.89. The molecule has 0 saturated carbocycles. The molecule has 0 amide bonds. The average Bonchev–Trinajstić information content (AvgIpc) is 2.38. The molecular formula is C14H16O3. The molecule has 0 aromatic heterocycles. The summed E-state index contributed by atoms with van der Waals surface area (Å²) in [7, 11) is 0. The molecule has 0 aliphatic rings. The average molecular weight is 232 g/mol. The van der Waals surface area contributed by atoms with Gasteiger partial charge in [-0.1, -0.05) is 36.4 Å². The summed E-state index contributed by atoms with van der Waals surface area (Å²) in [5, 5.41) is 29.9. The quantitative estimate of drug-likeness (QED) is 0.753. The number of aliphatic hydroxyl groups excluding tert-OH is 2. The van der Waals surface area contributed by atoms with Crippen LogP contribution in [0, 0.1) is 0 Å². The Labute approximate surface area is 100.0 Å². The Bertz CT molecular complexity index is 508. The minimum absolute atomic E-state index is 0.242. The van der Waals surface area contributed by atoms with Crippen LogP contribution in [0.25, 0.3) is 10.8 Å². The van der Waals surface area contributed by atoms with Gasteiger partial charge in [-0.3, -0.25) is 0 Å². The van der Waals surface area contributed by atoms with Crippen LogP contribution < -0.4 is 0 Å². The Morgan fingerprint density at radius 2 is 1.82 bits per heavy atom. The van der Waals surface area contributed by atoms with E-state index in [4.69, 9.17) is 5.11 Å². The van der Waals surface area contributed by atoms with Gasteiger partial charge in [-0.25, -0.2) is 0 Å². The molecule has 0 spiro atoms. The van der Waals surface area contributed by atoms with Crippen LogP contribution in [0.5, 0.6) is 5.75 Å². The second-order valence-electron chi connectivity index (χ2n) is 4.17. The van der Waals surface area contributed by atoms with Crippen LogP contribution in [0.15, 0.2) is 36.4 Å². The molecule has 3 N–H and O–H groups in total. The van der Waals surface area contributed by atoms with Gasteiger partial charge >= 0.3 is 0 Å². The second-order valence-corrected chi connectivity index (χ2v) is 4.17. The third kappa shape index (κ3) is 2.57. The van der Waals surface area contributed by atoms with E-state index in [9.17, 15) is 10.2 Å². The molecule has 2 rings (SSSR count). The first-order chi connectivity index (χ1) is 8.22. The summed E-state index contributed by atoms with van der Waals surface area (Å²) < 4.78 is 0. The first-order valence-corrected chi connectivity index (χ1v) is 5.71. The molecule has 0 bridgehead atoms. The smallest absolute Gasteiger partial charge is 0.126 e. The summed E-state index contributed by atoms with van der Waals surface area (Å²) in [5.41, 5.74) is 0.802. The van der Waals surface area contributed by atoms with E-state index in [1.54, 1.807) is 0 Å². The molecule has 0 heterocycles. The number of benzene rings is 2. The Morgan fingerprint density at radius 1 is 1.06 bits per heavy atom. The molecule has 3 nitrogen and oxygen atoms in total. The minimum atomic E-state index is -0.721. The number of rotatable bonds is 4. The van der Waals surface area contributed by atoms with Gasteiger partial charge in [-0.15, -0.1) is 0 Å². The number of aryl methyl sites for hydroxylation is 1. The van der Waals surface area contributed by atoms with Crippen molar-refractivity contribution in [2.75, 3.05) is 6.61 Å². The molecule has 90 valence electrons. The van der Waals surface area contributed by atoms with Crippen LogP contribution in [0.4, 0.5) is 0 Å². The third-order valence-electron chi connectivity index (χ3n) is 2.94. The standard InChI is InChI=1S/C14H16O3/c15-9-12(16)8-7-11-6-5-10-3-1-2-4-13(10)14(11)17/h1-6,12,15-17H,7-9H2/t12-/m0/s1. The zero-order chi connectivity index (χ0) is 12.3. The van der Waals surface area contributed by atoms with Gasteiger partial charge in [0.25, 0.3) is 0 Å². The van der Waals surface area contributed by atoms with E-state index in [1.165, 1.54) is 0 Å². The Kier molecular flexibility index (Phi) is 3.61. The highest BCUT2D eigenvalue weighted by Crippen LogP contribution is 2.29. The third-order valence-corrected chi connectivity index (χ3v) is 2.94. The summed E-state index contributed by atoms with van der Waals surface area (Å²) in [4.78, 5) is 0. The van der Waals surface area contributed by atoms with Crippen molar-refractivity contribution < 1.29 is 15.3 Å². The Hall–Kier alpha value is -1.58. The van der Waals surface area contributed by atoms with Crippen molar-refractivity contribution in [2.24, 2.45) is 0 Å². The molecule has 0 saturated heterocycles. The summed E-state index contributed by atoms with van der Waals surface area (Å²) in [6.45, 7) is -0.242. The SMILES string of the molecule is OC[C@@H](O)CCc1ccc2ccccc2c1O. The molecular weight excluding hydrogens is 216 g/mol. The van der Waals surface area contributed by atoms with Gasteiger partial charge in [0.05, 0.1) is 12.7 Å². The van der Waals surface area contributed by atoms with E-state index >= 15 is 0 Å². The van der Waals surface area contributed by atoms with Crippen LogP contribution in [-0.2, 0) is 6.42 Å². The van der Waals surface area contributed by atoms with Gasteiger partial charge in [0, 0.05) is 5.39 Å². The van der Waals surface area contributed by atoms with Crippen LogP contribution in [0.2, 0.25) is 0 Å². The lowest BCUT2D eigenvalue weighted by molar-refractivity contribution is 0.0884. The molecule has 17 heavy (non-hydrogen) atoms. The van der Waals surface area contributed by atoms with Crippen LogP contribution in [0.3, 0.4) is 0 Å². The molecule has 0 aliphatic carbocycles. The second kappa shape index (κ2) is 5.17. The van der Waals surface area contributed by atoms with E-state index < -0.39 is 6.10 Å². The van der Waals surface area contributed by atoms with Crippen LogP contribution in [0.1, 0.15) is 12.0 Å². The topological polar surface area (TPSA) is 60.7 Å². The monoisotopic (exact) mass is 232 g/mol. The van der Waals surface area contributed by atoms with Gasteiger partial charge in [0.15, 0.2) is 0 Å². The zero-order valence-corrected chi connectivity index (χ0v) is 9.50. The van der Waals surface area contributed by atoms with E-state index in [-0.39, 0.29) is 12.4 Å². The van der Waals surface area contributed by atoms with Crippen molar-refractivity contribution in [1.82, 2.24) is 0 Å². The predicted octanol–water partition coefficient (Wildman–Crippen LogP) is 1.83. The normalized spacial score (nSPS) is 12.8. The largest absolute Gasteiger partial charge is 0.507 e. The van der Waals surface area contributed by atoms with Crippen LogP contribution >= 0.6 is 0 Å². The molecule has 0 fully saturated rings. The van der Waals surface area contributed by atoms with Crippen molar-refractivity contribution in [3.63, 3.8) is 0 Å². The Morgan fingerprint density at radius 3 is 2.59 bits per heavy atom. The summed E-state index contributed by atoms with van der Waals surface area (Å²) in [6, 6.07) is 11.4. The van der Waals surface area contributed by atoms with Gasteiger partial charge in [0.2, 0.25) is 0 Å². The summed E-state index contributed by atoms with van der Waals surface area (Å²) in [6.07, 6.45) is 0.279. The van der Waals surface area contributed by atoms with E-state index in [2.05, 4.69) is 0 Å². The lowest BCUT2D eigenvalue weighted by atomic mass is 10.0. The van der Waals surface area contributed by atoms with Crippen molar-refractivity contribution in [2.45, 2.75) is 18.9 Å². The van der Waals surface area contributed by atoms with Gasteiger partial charge in [-0.05, 0) is 23.8 Å². The zero-order valence-electron chi connectivity index (χ0n) is 9.50. The molecule has 0 unspecified atom stereocenters. The van der Waals surface area contributed by atoms with Gasteiger partial charge in [0.1, 0.15) is 5.75 Å². The Balaban J connectivity index is 2.26. The number of aliphatic hydroxyl groups is 2. The summed E-state index contributed by atoms with van der Waals surface area (Å²) in [5.74, 6) is 0.272. The molecule has 1 atom stereocenters. The first-order valence-electron chi connectivity index (χ1n) is 5.71. The maximum atomic E-state index is 10.1. The fourth-order valence-electron chi connectivity index (χ4n) is 1.92. The maximum absolute atomic E-state index is 10.1. The van der Waals surface area contributed by atoms with E-state index in [1.807, 2.05) is 36.4 Å². The first kappa shape index (κ1) is 11.9. The molecule has 0 aliphatic heterocycles. The molecule has 0 radical (unpaired) electrons. The predicted molar refractivity (Wildman–Crippen MR) is 67.0 cm³/mol. The van der Waals surface area contributed by atoms with Crippen molar-refractivity contribution >= 4 is 10.8 Å². The van der Waals surface area contributed by atoms with E-state index in [0.29, 0.717) is 12.8 Å². The number of hydrogen-bond acceptors (Lipinski definition) is 3. The lowest BCUT2D eigenvalue weighted by Gasteiger charge is -2.10. The number of fused-ring (bicyclic) bond motifs is 1. The fourth-order valence-corrected chi connectivity index (χ4v) is 1.92. The number of aromatic hydroxyl groups is 1. The van der Waals surface area contributed by atoms with Gasteiger partial charge in [-0.2, -0.15) is 0 Å². The highest BCUT2D eigenvalue weighted by atomic mass is 16.3. The molecule has 3 heteroatoms. The number of phenols is 1. The highest BCUT2D eigenvalue weighted by Gasteiger charge is 2.08. The number of phenolic OH excluding ortho intramolecular Hbond substituents is 1. The van der Waals surface area contributed by atoms with Gasteiger partial charge < -0.3 is 15.3 Å². The fraction of sp³-hybridized carbons (Fsp3) is 0.286. The minimum Gasteiger partial charge on any atom is -0.507 e. The van der Waals surface area contributed by atoms with Crippen molar-refractivity contribution in [3.05, 3.63) is 42.0 Å². The van der Waals surface area contributed by atoms with Crippen molar-refractivity contribution in [1.29, 1.82) is 0 Å². The summed E-state index contributed by atoms with van der Waals surface area (Å²) >= 11 is 0.